The minimum Gasteiger partial charge on any atom is -0.295 e. The van der Waals surface area contributed by atoms with Crippen LogP contribution >= 0.6 is 50.9 Å². The number of aldehydes is 2. The van der Waals surface area contributed by atoms with Crippen molar-refractivity contribution < 1.29 is 9.59 Å². The highest BCUT2D eigenvalue weighted by atomic mass is 79.9. The van der Waals surface area contributed by atoms with Crippen molar-refractivity contribution in [3.05, 3.63) is 0 Å². The highest BCUT2D eigenvalue weighted by Crippen LogP contribution is 1.12. The van der Waals surface area contributed by atoms with E-state index in [1.807, 2.05) is 0 Å². The van der Waals surface area contributed by atoms with Crippen LogP contribution in [0.5, 0.6) is 0 Å². The molecule has 0 aromatic carbocycles. The Labute approximate surface area is 73.0 Å². The van der Waals surface area contributed by atoms with E-state index in [1.54, 1.807) is 0 Å². The van der Waals surface area contributed by atoms with Crippen LogP contribution in [0.3, 0.4) is 0 Å². The fourth-order valence-corrected chi connectivity index (χ4v) is 0. The summed E-state index contributed by atoms with van der Waals surface area (Å²) in [6, 6.07) is 0. The lowest BCUT2D eigenvalue weighted by Crippen LogP contribution is -1.62. The van der Waals surface area contributed by atoms with Crippen LogP contribution in [0.25, 0.3) is 0 Å². The zero-order valence-electron chi connectivity index (χ0n) is 3.20. The molecule has 0 spiro atoms. The third kappa shape index (κ3) is 48.9. The fraction of sp³-hybridized carbons (Fsp3) is 0. The number of carbonyl (C=O) groups excluding carboxylic acids is 2. The molecular weight excluding hydrogens is 296 g/mol. The van der Waals surface area contributed by atoms with E-state index in [2.05, 4.69) is 0 Å². The van der Waals surface area contributed by atoms with E-state index in [4.69, 9.17) is 9.59 Å². The van der Waals surface area contributed by atoms with Gasteiger partial charge in [0.15, 0.2) is 12.6 Å². The maximum absolute atomic E-state index is 8.81. The standard InChI is InChI=1S/C2H2O2.3BrH/c3-1-2-4;;;/h1-2H;3*1H. The number of rotatable bonds is 1. The zero-order valence-corrected chi connectivity index (χ0v) is 8.34. The molecule has 0 aliphatic rings. The molecule has 0 aliphatic carbocycles. The largest absolute Gasteiger partial charge is 0.295 e. The predicted octanol–water partition coefficient (Wildman–Crippen LogP) is 1.12. The number of hydrogen-bond donors (Lipinski definition) is 0. The van der Waals surface area contributed by atoms with Crippen molar-refractivity contribution in [1.29, 1.82) is 0 Å². The number of halogens is 3. The Morgan fingerprint density at radius 1 is 0.714 bits per heavy atom. The molecule has 0 amide bonds. The fourth-order valence-electron chi connectivity index (χ4n) is 0. The first kappa shape index (κ1) is 25.0. The van der Waals surface area contributed by atoms with Crippen molar-refractivity contribution in [2.45, 2.75) is 0 Å². The molecule has 2 nitrogen and oxygen atoms in total. The molecule has 0 aromatic rings. The molecule has 7 heavy (non-hydrogen) atoms. The first-order valence-corrected chi connectivity index (χ1v) is 0.805. The van der Waals surface area contributed by atoms with Gasteiger partial charge in [0.25, 0.3) is 0 Å². The van der Waals surface area contributed by atoms with Crippen molar-refractivity contribution >= 4 is 63.5 Å². The van der Waals surface area contributed by atoms with Gasteiger partial charge in [-0.25, -0.2) is 0 Å². The van der Waals surface area contributed by atoms with Crippen LogP contribution in [0.1, 0.15) is 0 Å². The third-order valence-electron chi connectivity index (χ3n) is 0.0556. The molecule has 0 saturated carbocycles. The Balaban J connectivity index is -0.0000000150. The van der Waals surface area contributed by atoms with E-state index in [9.17, 15) is 0 Å². The van der Waals surface area contributed by atoms with Gasteiger partial charge < -0.3 is 0 Å². The van der Waals surface area contributed by atoms with Crippen LogP contribution < -0.4 is 0 Å². The van der Waals surface area contributed by atoms with Gasteiger partial charge in [0.2, 0.25) is 0 Å². The molecule has 0 radical (unpaired) electrons. The molecule has 0 rings (SSSR count). The van der Waals surface area contributed by atoms with Crippen LogP contribution in [0.2, 0.25) is 0 Å². The minimum atomic E-state index is 0. The summed E-state index contributed by atoms with van der Waals surface area (Å²) in [5.41, 5.74) is 0. The maximum Gasteiger partial charge on any atom is 0.182 e. The highest BCUT2D eigenvalue weighted by molar-refractivity contribution is 8.93. The lowest BCUT2D eigenvalue weighted by molar-refractivity contribution is -0.122. The van der Waals surface area contributed by atoms with E-state index in [-0.39, 0.29) is 63.5 Å². The third-order valence-corrected chi connectivity index (χ3v) is 0.0556. The second kappa shape index (κ2) is 29.3. The maximum atomic E-state index is 8.81. The lowest BCUT2D eigenvalue weighted by Gasteiger charge is -1.31. The first-order valence-electron chi connectivity index (χ1n) is 0.805. The Bertz CT molecular complexity index is 31.9. The molecule has 0 N–H and O–H groups in total. The van der Waals surface area contributed by atoms with Gasteiger partial charge >= 0.3 is 0 Å². The quantitative estimate of drug-likeness (QED) is 0.537. The van der Waals surface area contributed by atoms with E-state index in [0.29, 0.717) is 0 Å². The summed E-state index contributed by atoms with van der Waals surface area (Å²) in [6.45, 7) is 0. The van der Waals surface area contributed by atoms with Crippen LogP contribution in [-0.4, -0.2) is 12.6 Å². The summed E-state index contributed by atoms with van der Waals surface area (Å²) < 4.78 is 0. The van der Waals surface area contributed by atoms with Crippen LogP contribution in [-0.2, 0) is 9.59 Å². The van der Waals surface area contributed by atoms with Crippen molar-refractivity contribution in [3.63, 3.8) is 0 Å². The second-order valence-electron chi connectivity index (χ2n) is 0.272. The lowest BCUT2D eigenvalue weighted by atomic mass is 10.9. The SMILES string of the molecule is Br.Br.Br.O=CC=O. The van der Waals surface area contributed by atoms with Crippen molar-refractivity contribution in [1.82, 2.24) is 0 Å². The topological polar surface area (TPSA) is 34.1 Å². The molecule has 5 heteroatoms. The highest BCUT2D eigenvalue weighted by Gasteiger charge is 1.47. The van der Waals surface area contributed by atoms with Gasteiger partial charge in [-0.2, -0.15) is 0 Å². The normalized spacial score (nSPS) is 2.86. The average molecular weight is 301 g/mol. The minimum absolute atomic E-state index is 0. The Kier molecular flexibility index (Phi) is 105. The molecule has 0 fully saturated rings. The Morgan fingerprint density at radius 2 is 0.857 bits per heavy atom. The summed E-state index contributed by atoms with van der Waals surface area (Å²) in [5, 5.41) is 0. The summed E-state index contributed by atoms with van der Waals surface area (Å²) in [4.78, 5) is 17.6. The van der Waals surface area contributed by atoms with Gasteiger partial charge in [-0.15, -0.1) is 50.9 Å². The predicted molar refractivity (Wildman–Crippen MR) is 43.1 cm³/mol. The summed E-state index contributed by atoms with van der Waals surface area (Å²) >= 11 is 0. The monoisotopic (exact) mass is 298 g/mol. The molecule has 0 aromatic heterocycles. The molecule has 0 bridgehead atoms. The molecule has 0 heterocycles. The van der Waals surface area contributed by atoms with Gasteiger partial charge in [0.1, 0.15) is 0 Å². The van der Waals surface area contributed by atoms with E-state index in [0.717, 1.165) is 0 Å². The molecule has 0 unspecified atom stereocenters. The van der Waals surface area contributed by atoms with Gasteiger partial charge in [-0.3, -0.25) is 9.59 Å². The molecule has 46 valence electrons. The number of hydrogen-bond acceptors (Lipinski definition) is 2. The van der Waals surface area contributed by atoms with Gasteiger partial charge in [0.05, 0.1) is 0 Å². The average Bonchev–Trinajstić information content (AvgIpc) is 1.37. The van der Waals surface area contributed by atoms with Gasteiger partial charge in [-0.1, -0.05) is 0 Å². The molecular formula is C2H5Br3O2. The van der Waals surface area contributed by atoms with Crippen molar-refractivity contribution in [3.8, 4) is 0 Å². The summed E-state index contributed by atoms with van der Waals surface area (Å²) in [7, 11) is 0. The molecule has 0 saturated heterocycles. The van der Waals surface area contributed by atoms with Crippen LogP contribution in [0.15, 0.2) is 0 Å². The number of carbonyl (C=O) groups is 2. The van der Waals surface area contributed by atoms with Gasteiger partial charge in [-0.05, 0) is 0 Å². The summed E-state index contributed by atoms with van der Waals surface area (Å²) in [5.74, 6) is 0. The van der Waals surface area contributed by atoms with E-state index < -0.39 is 0 Å². The molecule has 0 atom stereocenters. The first-order chi connectivity index (χ1) is 1.91. The summed E-state index contributed by atoms with van der Waals surface area (Å²) in [6.07, 6.45) is 0.389. The van der Waals surface area contributed by atoms with E-state index in [1.165, 1.54) is 0 Å². The second-order valence-corrected chi connectivity index (χ2v) is 0.272. The van der Waals surface area contributed by atoms with E-state index >= 15 is 0 Å². The molecule has 0 aliphatic heterocycles. The van der Waals surface area contributed by atoms with Crippen LogP contribution in [0.4, 0.5) is 0 Å². The van der Waals surface area contributed by atoms with Gasteiger partial charge in [0, 0.05) is 0 Å². The van der Waals surface area contributed by atoms with Crippen molar-refractivity contribution in [2.75, 3.05) is 0 Å². The Hall–Kier alpha value is 0.780. The smallest absolute Gasteiger partial charge is 0.182 e. The Morgan fingerprint density at radius 3 is 0.857 bits per heavy atom. The van der Waals surface area contributed by atoms with Crippen molar-refractivity contribution in [2.24, 2.45) is 0 Å². The zero-order chi connectivity index (χ0) is 3.41. The van der Waals surface area contributed by atoms with Crippen LogP contribution in [0, 0.1) is 0 Å².